The number of nitrogens with one attached hydrogen (secondary N) is 2. The van der Waals surface area contributed by atoms with E-state index in [0.717, 1.165) is 25.7 Å². The molecule has 1 saturated heterocycles. The van der Waals surface area contributed by atoms with Gasteiger partial charge in [0.15, 0.2) is 11.6 Å². The number of ketones is 1. The highest BCUT2D eigenvalue weighted by molar-refractivity contribution is 6.01. The number of aromatic nitrogens is 2. The smallest absolute Gasteiger partial charge is 0.416 e. The molecular formula is C28H32F4N6O4. The van der Waals surface area contributed by atoms with Crippen LogP contribution in [0.25, 0.3) is 5.57 Å². The summed E-state index contributed by atoms with van der Waals surface area (Å²) in [5, 5.41) is 13.5. The first-order valence-corrected chi connectivity index (χ1v) is 13.4. The highest BCUT2D eigenvalue weighted by atomic mass is 19.4. The Bertz CT molecular complexity index is 1390. The molecule has 2 aliphatic rings. The summed E-state index contributed by atoms with van der Waals surface area (Å²) in [6, 6.07) is 0.452. The van der Waals surface area contributed by atoms with Crippen LogP contribution in [-0.4, -0.2) is 82.6 Å². The molecule has 1 fully saturated rings. The number of allylic oxidation sites excluding steroid dienone is 4. The first-order chi connectivity index (χ1) is 20.0. The summed E-state index contributed by atoms with van der Waals surface area (Å²) in [5.41, 5.74) is -0.884. The number of piperazine rings is 1. The van der Waals surface area contributed by atoms with Crippen LogP contribution in [0.5, 0.6) is 0 Å². The maximum atomic E-state index is 14.9. The van der Waals surface area contributed by atoms with Crippen LogP contribution in [-0.2, 0) is 22.3 Å². The van der Waals surface area contributed by atoms with Crippen molar-refractivity contribution in [1.29, 1.82) is 0 Å². The Morgan fingerprint density at radius 1 is 1.12 bits per heavy atom. The molecule has 2 aromatic rings. The van der Waals surface area contributed by atoms with E-state index in [4.69, 9.17) is 9.84 Å². The lowest BCUT2D eigenvalue weighted by molar-refractivity contribution is -0.138. The fourth-order valence-electron chi connectivity index (χ4n) is 4.63. The number of carbonyl (C=O) groups excluding carboxylic acids is 2. The number of amides is 2. The number of rotatable bonds is 9. The number of carbonyl (C=O) groups is 2. The summed E-state index contributed by atoms with van der Waals surface area (Å²) in [5.74, 6) is -0.950. The maximum absolute atomic E-state index is 14.9. The van der Waals surface area contributed by atoms with Crippen LogP contribution in [0, 0.1) is 12.7 Å². The Balaban J connectivity index is 1.46. The number of halogens is 4. The van der Waals surface area contributed by atoms with Crippen molar-refractivity contribution in [2.45, 2.75) is 33.0 Å². The number of urea groups is 1. The predicted octanol–water partition coefficient (Wildman–Crippen LogP) is 3.97. The molecule has 10 nitrogen and oxygen atoms in total. The van der Waals surface area contributed by atoms with Gasteiger partial charge in [-0.3, -0.25) is 9.69 Å². The number of anilines is 2. The average Bonchev–Trinajstić information content (AvgIpc) is 2.95. The molecule has 1 aliphatic heterocycles. The quantitative estimate of drug-likeness (QED) is 0.375. The summed E-state index contributed by atoms with van der Waals surface area (Å²) in [7, 11) is 0. The number of benzene rings is 1. The summed E-state index contributed by atoms with van der Waals surface area (Å²) >= 11 is 0. The molecule has 1 aliphatic carbocycles. The summed E-state index contributed by atoms with van der Waals surface area (Å²) in [6.07, 6.45) is -0.353. The number of alkyl halides is 3. The van der Waals surface area contributed by atoms with Crippen molar-refractivity contribution in [3.63, 3.8) is 0 Å². The van der Waals surface area contributed by atoms with Crippen LogP contribution in [0.3, 0.4) is 0 Å². The molecule has 0 saturated carbocycles. The minimum absolute atomic E-state index is 0.0488. The molecule has 14 heteroatoms. The van der Waals surface area contributed by atoms with Crippen molar-refractivity contribution in [1.82, 2.24) is 19.8 Å². The van der Waals surface area contributed by atoms with Gasteiger partial charge in [0.25, 0.3) is 0 Å². The average molecular weight is 593 g/mol. The van der Waals surface area contributed by atoms with Gasteiger partial charge in [0.05, 0.1) is 35.4 Å². The van der Waals surface area contributed by atoms with E-state index in [1.54, 1.807) is 13.0 Å². The molecular weight excluding hydrogens is 560 g/mol. The third-order valence-corrected chi connectivity index (χ3v) is 6.96. The number of aliphatic hydroxyl groups is 1. The van der Waals surface area contributed by atoms with Gasteiger partial charge >= 0.3 is 12.2 Å². The number of hydrogen-bond donors (Lipinski definition) is 3. The molecule has 3 N–H and O–H groups in total. The van der Waals surface area contributed by atoms with E-state index in [1.165, 1.54) is 12.3 Å². The minimum Gasteiger partial charge on any atom is -0.487 e. The first kappa shape index (κ1) is 31.1. The molecule has 0 unspecified atom stereocenters. The highest BCUT2D eigenvalue weighted by Gasteiger charge is 2.35. The van der Waals surface area contributed by atoms with Crippen molar-refractivity contribution in [3.05, 3.63) is 64.7 Å². The standard InChI is InChI=1S/C28H32F4N6O4/c1-3-37-6-8-38(9-7-37)16-19-12-21(29)22(14-20(19)28(30,31)32)35-27(41)36-23-15-33-26(34-17(23)2)18-4-5-24(40)25(13-18)42-11-10-39/h4,12-15,39H,3,5-11,16H2,1-2H3,(H2,35,36,41). The fraction of sp³-hybridized carbons (Fsp3) is 0.429. The van der Waals surface area contributed by atoms with E-state index in [2.05, 4.69) is 25.5 Å². The number of nitrogens with zero attached hydrogens (tertiary/aromatic N) is 4. The van der Waals surface area contributed by atoms with E-state index in [0.29, 0.717) is 30.4 Å². The minimum atomic E-state index is -4.75. The number of aryl methyl sites for hydroxylation is 1. The summed E-state index contributed by atoms with van der Waals surface area (Å²) in [6.45, 7) is 6.65. The zero-order valence-electron chi connectivity index (χ0n) is 23.2. The number of aliphatic hydroxyl groups excluding tert-OH is 1. The molecule has 2 amide bonds. The van der Waals surface area contributed by atoms with Crippen LogP contribution < -0.4 is 10.6 Å². The van der Waals surface area contributed by atoms with Gasteiger partial charge in [0.1, 0.15) is 12.4 Å². The fourth-order valence-corrected chi connectivity index (χ4v) is 4.63. The largest absolute Gasteiger partial charge is 0.487 e. The highest BCUT2D eigenvalue weighted by Crippen LogP contribution is 2.36. The molecule has 4 rings (SSSR count). The lowest BCUT2D eigenvalue weighted by atomic mass is 10.0. The molecule has 0 radical (unpaired) electrons. The third-order valence-electron chi connectivity index (χ3n) is 6.96. The van der Waals surface area contributed by atoms with Gasteiger partial charge in [0.2, 0.25) is 5.78 Å². The number of likely N-dealkylation sites (N-methyl/N-ethyl adjacent to an activating group) is 1. The zero-order chi connectivity index (χ0) is 30.4. The van der Waals surface area contributed by atoms with Crippen LogP contribution in [0.1, 0.15) is 36.0 Å². The Kier molecular flexibility index (Phi) is 9.91. The lowest BCUT2D eigenvalue weighted by Crippen LogP contribution is -2.45. The molecule has 42 heavy (non-hydrogen) atoms. The van der Waals surface area contributed by atoms with E-state index in [-0.39, 0.29) is 54.8 Å². The van der Waals surface area contributed by atoms with E-state index >= 15 is 0 Å². The number of Topliss-reactive ketones (excluding diaryl/α,β-unsaturated/α-hetero) is 1. The van der Waals surface area contributed by atoms with Crippen molar-refractivity contribution in [2.75, 3.05) is 56.6 Å². The van der Waals surface area contributed by atoms with Crippen molar-refractivity contribution in [2.24, 2.45) is 0 Å². The first-order valence-electron chi connectivity index (χ1n) is 13.4. The topological polar surface area (TPSA) is 120 Å². The van der Waals surface area contributed by atoms with Gasteiger partial charge < -0.3 is 25.4 Å². The van der Waals surface area contributed by atoms with Gasteiger partial charge in [0, 0.05) is 44.7 Å². The van der Waals surface area contributed by atoms with Gasteiger partial charge in [-0.25, -0.2) is 19.2 Å². The molecule has 1 aromatic carbocycles. The molecule has 226 valence electrons. The second-order valence-electron chi connectivity index (χ2n) is 9.84. The van der Waals surface area contributed by atoms with Gasteiger partial charge in [-0.2, -0.15) is 13.2 Å². The monoisotopic (exact) mass is 592 g/mol. The van der Waals surface area contributed by atoms with E-state index in [1.807, 2.05) is 11.8 Å². The van der Waals surface area contributed by atoms with Crippen LogP contribution in [0.2, 0.25) is 0 Å². The Morgan fingerprint density at radius 2 is 1.81 bits per heavy atom. The molecule has 2 heterocycles. The van der Waals surface area contributed by atoms with Gasteiger partial charge in [-0.05, 0) is 37.2 Å². The van der Waals surface area contributed by atoms with Crippen molar-refractivity contribution in [3.8, 4) is 0 Å². The van der Waals surface area contributed by atoms with Crippen molar-refractivity contribution >= 4 is 28.8 Å². The third kappa shape index (κ3) is 7.69. The van der Waals surface area contributed by atoms with Gasteiger partial charge in [-0.1, -0.05) is 13.0 Å². The SMILES string of the molecule is CCN1CCN(Cc2cc(F)c(NC(=O)Nc3cnc(C4=CCC(=O)C(OCCO)=C4)nc3C)cc2C(F)(F)F)CC1. The Morgan fingerprint density at radius 3 is 2.45 bits per heavy atom. The Hall–Kier alpha value is -3.88. The van der Waals surface area contributed by atoms with E-state index < -0.39 is 29.3 Å². The molecule has 1 aromatic heterocycles. The molecule has 0 bridgehead atoms. The summed E-state index contributed by atoms with van der Waals surface area (Å²) in [4.78, 5) is 37.2. The second kappa shape index (κ2) is 13.4. The van der Waals surface area contributed by atoms with E-state index in [9.17, 15) is 27.2 Å². The molecule has 0 atom stereocenters. The number of hydrogen-bond acceptors (Lipinski definition) is 8. The number of ether oxygens (including phenoxy) is 1. The predicted molar refractivity (Wildman–Crippen MR) is 147 cm³/mol. The van der Waals surface area contributed by atoms with Crippen LogP contribution in [0.4, 0.5) is 33.7 Å². The Labute approximate surface area is 240 Å². The van der Waals surface area contributed by atoms with Gasteiger partial charge in [-0.15, -0.1) is 0 Å². The summed E-state index contributed by atoms with van der Waals surface area (Å²) < 4.78 is 62.0. The van der Waals surface area contributed by atoms with Crippen LogP contribution >= 0.6 is 0 Å². The normalized spacial score (nSPS) is 16.6. The second-order valence-corrected chi connectivity index (χ2v) is 9.84. The maximum Gasteiger partial charge on any atom is 0.416 e. The van der Waals surface area contributed by atoms with Crippen LogP contribution in [0.15, 0.2) is 36.2 Å². The zero-order valence-corrected chi connectivity index (χ0v) is 23.2. The van der Waals surface area contributed by atoms with Crippen molar-refractivity contribution < 1.29 is 37.0 Å². The lowest BCUT2D eigenvalue weighted by Gasteiger charge is -2.34. The molecule has 0 spiro atoms.